The second-order valence-electron chi connectivity index (χ2n) is 7.22. The van der Waals surface area contributed by atoms with Gasteiger partial charge in [-0.15, -0.1) is 0 Å². The van der Waals surface area contributed by atoms with Gasteiger partial charge in [0.05, 0.1) is 5.54 Å². The molecule has 0 amide bonds. The molecule has 0 aliphatic heterocycles. The average Bonchev–Trinajstić information content (AvgIpc) is 2.90. The molecule has 0 radical (unpaired) electrons. The van der Waals surface area contributed by atoms with Crippen molar-refractivity contribution < 1.29 is 4.52 Å². The van der Waals surface area contributed by atoms with Gasteiger partial charge in [-0.05, 0) is 31.1 Å². The number of hydrogen-bond acceptors (Lipinski definition) is 4. The maximum absolute atomic E-state index is 6.41. The fraction of sp³-hybridized carbons (Fsp3) is 0.875. The predicted octanol–water partition coefficient (Wildman–Crippen LogP) is 3.48. The molecule has 3 saturated carbocycles. The molecule has 2 unspecified atom stereocenters. The molecule has 110 valence electrons. The lowest BCUT2D eigenvalue weighted by atomic mass is 9.85. The lowest BCUT2D eigenvalue weighted by Gasteiger charge is -2.21. The number of nitrogens with two attached hydrogens (primary N) is 1. The summed E-state index contributed by atoms with van der Waals surface area (Å²) in [6.07, 6.45) is 12.7. The summed E-state index contributed by atoms with van der Waals surface area (Å²) in [5.74, 6) is 3.87. The summed E-state index contributed by atoms with van der Waals surface area (Å²) >= 11 is 0. The highest BCUT2D eigenvalue weighted by Gasteiger charge is 2.48. The van der Waals surface area contributed by atoms with Gasteiger partial charge >= 0.3 is 0 Å². The minimum absolute atomic E-state index is 0.309. The molecule has 3 aliphatic carbocycles. The normalized spacial score (nSPS) is 33.5. The SMILES string of the molecule is NC1(c2noc(C3CC3C3CCCCC3)n2)CCCC1. The van der Waals surface area contributed by atoms with Crippen molar-refractivity contribution in [2.45, 2.75) is 75.7 Å². The predicted molar refractivity (Wildman–Crippen MR) is 76.1 cm³/mol. The van der Waals surface area contributed by atoms with Crippen molar-refractivity contribution >= 4 is 0 Å². The Labute approximate surface area is 120 Å². The summed E-state index contributed by atoms with van der Waals surface area (Å²) < 4.78 is 5.55. The highest BCUT2D eigenvalue weighted by atomic mass is 16.5. The minimum Gasteiger partial charge on any atom is -0.339 e. The molecule has 3 aliphatic rings. The first-order valence-electron chi connectivity index (χ1n) is 8.39. The second kappa shape index (κ2) is 4.83. The van der Waals surface area contributed by atoms with Gasteiger partial charge in [0.25, 0.3) is 0 Å². The van der Waals surface area contributed by atoms with Gasteiger partial charge in [-0.3, -0.25) is 0 Å². The summed E-state index contributed by atoms with van der Waals surface area (Å²) in [6, 6.07) is 0. The molecule has 0 aromatic carbocycles. The van der Waals surface area contributed by atoms with Crippen LogP contribution < -0.4 is 5.73 Å². The number of aromatic nitrogens is 2. The molecule has 0 bridgehead atoms. The van der Waals surface area contributed by atoms with E-state index in [2.05, 4.69) is 10.1 Å². The minimum atomic E-state index is -0.309. The molecule has 20 heavy (non-hydrogen) atoms. The van der Waals surface area contributed by atoms with E-state index in [9.17, 15) is 0 Å². The van der Waals surface area contributed by atoms with Crippen LogP contribution in [0.1, 0.15) is 81.8 Å². The van der Waals surface area contributed by atoms with Crippen molar-refractivity contribution in [3.63, 3.8) is 0 Å². The summed E-state index contributed by atoms with van der Waals surface area (Å²) in [6.45, 7) is 0. The first kappa shape index (κ1) is 12.8. The molecule has 0 spiro atoms. The van der Waals surface area contributed by atoms with Gasteiger partial charge in [0.2, 0.25) is 5.89 Å². The highest BCUT2D eigenvalue weighted by Crippen LogP contribution is 2.55. The smallest absolute Gasteiger partial charge is 0.230 e. The highest BCUT2D eigenvalue weighted by molar-refractivity contribution is 5.13. The van der Waals surface area contributed by atoms with Gasteiger partial charge in [0, 0.05) is 5.92 Å². The zero-order valence-corrected chi connectivity index (χ0v) is 12.2. The largest absolute Gasteiger partial charge is 0.339 e. The third-order valence-corrected chi connectivity index (χ3v) is 5.80. The van der Waals surface area contributed by atoms with Crippen LogP contribution in [0.25, 0.3) is 0 Å². The zero-order valence-electron chi connectivity index (χ0n) is 12.2. The summed E-state index contributed by atoms with van der Waals surface area (Å²) in [4.78, 5) is 4.67. The molecule has 1 aromatic rings. The number of rotatable bonds is 3. The van der Waals surface area contributed by atoms with Gasteiger partial charge < -0.3 is 10.3 Å². The van der Waals surface area contributed by atoms with Crippen molar-refractivity contribution in [2.24, 2.45) is 17.6 Å². The molecule has 0 saturated heterocycles. The molecular weight excluding hydrogens is 250 g/mol. The average molecular weight is 275 g/mol. The topological polar surface area (TPSA) is 64.9 Å². The van der Waals surface area contributed by atoms with Crippen molar-refractivity contribution in [3.8, 4) is 0 Å². The fourth-order valence-corrected chi connectivity index (χ4v) is 4.40. The summed E-state index contributed by atoms with van der Waals surface area (Å²) in [7, 11) is 0. The van der Waals surface area contributed by atoms with Gasteiger partial charge in [-0.25, -0.2) is 0 Å². The van der Waals surface area contributed by atoms with Crippen molar-refractivity contribution in [3.05, 3.63) is 11.7 Å². The maximum atomic E-state index is 6.41. The Morgan fingerprint density at radius 3 is 2.55 bits per heavy atom. The molecule has 4 heteroatoms. The Hall–Kier alpha value is -0.900. The fourth-order valence-electron chi connectivity index (χ4n) is 4.40. The van der Waals surface area contributed by atoms with Crippen LogP contribution in [0.4, 0.5) is 0 Å². The molecule has 4 nitrogen and oxygen atoms in total. The van der Waals surface area contributed by atoms with Gasteiger partial charge in [-0.1, -0.05) is 50.1 Å². The van der Waals surface area contributed by atoms with Gasteiger partial charge in [-0.2, -0.15) is 4.98 Å². The Morgan fingerprint density at radius 2 is 1.80 bits per heavy atom. The van der Waals surface area contributed by atoms with E-state index >= 15 is 0 Å². The van der Waals surface area contributed by atoms with Crippen LogP contribution in [0.2, 0.25) is 0 Å². The molecule has 2 atom stereocenters. The quantitative estimate of drug-likeness (QED) is 0.917. The third kappa shape index (κ3) is 2.18. The Morgan fingerprint density at radius 1 is 1.05 bits per heavy atom. The van der Waals surface area contributed by atoms with Crippen LogP contribution in [0.5, 0.6) is 0 Å². The van der Waals surface area contributed by atoms with Gasteiger partial charge in [0.1, 0.15) is 0 Å². The molecule has 1 aromatic heterocycles. The monoisotopic (exact) mass is 275 g/mol. The van der Waals surface area contributed by atoms with E-state index in [1.165, 1.54) is 51.4 Å². The van der Waals surface area contributed by atoms with E-state index in [0.29, 0.717) is 5.92 Å². The summed E-state index contributed by atoms with van der Waals surface area (Å²) in [5.41, 5.74) is 6.10. The standard InChI is InChI=1S/C16H25N3O/c17-16(8-4-5-9-16)15-18-14(20-19-15)13-10-12(13)11-6-2-1-3-7-11/h11-13H,1-10,17H2. The van der Waals surface area contributed by atoms with E-state index in [4.69, 9.17) is 10.3 Å². The molecule has 1 heterocycles. The van der Waals surface area contributed by atoms with E-state index in [0.717, 1.165) is 36.4 Å². The van der Waals surface area contributed by atoms with Gasteiger partial charge in [0.15, 0.2) is 5.82 Å². The Bertz CT molecular complexity index is 472. The third-order valence-electron chi connectivity index (χ3n) is 5.80. The van der Waals surface area contributed by atoms with Crippen molar-refractivity contribution in [2.75, 3.05) is 0 Å². The van der Waals surface area contributed by atoms with Crippen molar-refractivity contribution in [1.82, 2.24) is 10.1 Å². The number of nitrogens with zero attached hydrogens (tertiary/aromatic N) is 2. The first-order valence-corrected chi connectivity index (χ1v) is 8.39. The van der Waals surface area contributed by atoms with Crippen molar-refractivity contribution in [1.29, 1.82) is 0 Å². The molecule has 2 N–H and O–H groups in total. The van der Waals surface area contributed by atoms with Crippen LogP contribution in [0.15, 0.2) is 4.52 Å². The van der Waals surface area contributed by atoms with E-state index in [1.54, 1.807) is 0 Å². The first-order chi connectivity index (χ1) is 9.76. The van der Waals surface area contributed by atoms with Crippen LogP contribution >= 0.6 is 0 Å². The van der Waals surface area contributed by atoms with E-state index in [-0.39, 0.29) is 5.54 Å². The second-order valence-corrected chi connectivity index (χ2v) is 7.22. The van der Waals surface area contributed by atoms with Crippen LogP contribution in [-0.2, 0) is 5.54 Å². The van der Waals surface area contributed by atoms with Crippen LogP contribution in [0, 0.1) is 11.8 Å². The Balaban J connectivity index is 1.44. The Kier molecular flexibility index (Phi) is 3.09. The summed E-state index contributed by atoms with van der Waals surface area (Å²) in [5, 5.41) is 4.20. The lowest BCUT2D eigenvalue weighted by molar-refractivity contribution is 0.303. The van der Waals surface area contributed by atoms with Crippen LogP contribution in [0.3, 0.4) is 0 Å². The molecule has 3 fully saturated rings. The zero-order chi connectivity index (χ0) is 13.6. The van der Waals surface area contributed by atoms with E-state index < -0.39 is 0 Å². The maximum Gasteiger partial charge on any atom is 0.230 e. The lowest BCUT2D eigenvalue weighted by Crippen LogP contribution is -2.34. The molecular formula is C16H25N3O. The number of hydrogen-bond donors (Lipinski definition) is 1. The molecule has 4 rings (SSSR count). The van der Waals surface area contributed by atoms with E-state index in [1.807, 2.05) is 0 Å². The van der Waals surface area contributed by atoms with Crippen LogP contribution in [-0.4, -0.2) is 10.1 Å².